The fourth-order valence-electron chi connectivity index (χ4n) is 4.96. The highest BCUT2D eigenvalue weighted by Gasteiger charge is 2.15. The summed E-state index contributed by atoms with van der Waals surface area (Å²) in [5, 5.41) is 14.6. The van der Waals surface area contributed by atoms with E-state index in [1.165, 1.54) is 56.1 Å². The molecule has 5 rings (SSSR count). The highest BCUT2D eigenvalue weighted by atomic mass is 15.5. The third-order valence-electron chi connectivity index (χ3n) is 7.04. The summed E-state index contributed by atoms with van der Waals surface area (Å²) in [4.78, 5) is 9.76. The highest BCUT2D eigenvalue weighted by Crippen LogP contribution is 2.30. The maximum atomic E-state index is 5.04. The summed E-state index contributed by atoms with van der Waals surface area (Å²) in [5.74, 6) is 1.73. The zero-order valence-electron chi connectivity index (χ0n) is 21.8. The van der Waals surface area contributed by atoms with E-state index in [0.717, 1.165) is 46.6 Å². The second-order valence-electron chi connectivity index (χ2n) is 9.76. The van der Waals surface area contributed by atoms with Gasteiger partial charge < -0.3 is 4.57 Å². The third-order valence-corrected chi connectivity index (χ3v) is 7.04. The Morgan fingerprint density at radius 1 is 0.838 bits per heavy atom. The molecule has 0 aliphatic rings. The van der Waals surface area contributed by atoms with Crippen molar-refractivity contribution in [3.05, 3.63) is 77.7 Å². The first-order valence-electron chi connectivity index (χ1n) is 13.5. The van der Waals surface area contributed by atoms with Gasteiger partial charge in [0.2, 0.25) is 5.82 Å². The molecule has 190 valence electrons. The number of hydrogen-bond donors (Lipinski definition) is 1. The number of nitrogens with one attached hydrogen (secondary N) is 1. The lowest BCUT2D eigenvalue weighted by molar-refractivity contribution is 0.578. The number of aryl methyl sites for hydroxylation is 2. The van der Waals surface area contributed by atoms with Crippen molar-refractivity contribution >= 4 is 11.2 Å². The SMILES string of the molecule is CCCCCCCCCc1nc2c(C)ccnc2n1Cc1ccc(-c2ccccc2-c2nn[nH]n2)cc1. The van der Waals surface area contributed by atoms with Crippen LogP contribution in [-0.4, -0.2) is 35.2 Å². The van der Waals surface area contributed by atoms with Gasteiger partial charge in [0.1, 0.15) is 11.3 Å². The van der Waals surface area contributed by atoms with Crippen LogP contribution in [0.5, 0.6) is 0 Å². The molecule has 0 radical (unpaired) electrons. The minimum Gasteiger partial charge on any atom is -0.308 e. The number of tetrazole rings is 1. The zero-order chi connectivity index (χ0) is 25.5. The Kier molecular flexibility index (Phi) is 7.99. The van der Waals surface area contributed by atoms with E-state index in [4.69, 9.17) is 9.97 Å². The summed E-state index contributed by atoms with van der Waals surface area (Å²) < 4.78 is 2.31. The van der Waals surface area contributed by atoms with Crippen molar-refractivity contribution in [1.29, 1.82) is 0 Å². The molecule has 0 saturated heterocycles. The van der Waals surface area contributed by atoms with Gasteiger partial charge in [-0.1, -0.05) is 94.0 Å². The van der Waals surface area contributed by atoms with Gasteiger partial charge >= 0.3 is 0 Å². The van der Waals surface area contributed by atoms with Crippen molar-refractivity contribution < 1.29 is 0 Å². The lowest BCUT2D eigenvalue weighted by atomic mass is 9.98. The largest absolute Gasteiger partial charge is 0.308 e. The van der Waals surface area contributed by atoms with Crippen LogP contribution < -0.4 is 0 Å². The van der Waals surface area contributed by atoms with E-state index in [1.54, 1.807) is 0 Å². The second-order valence-corrected chi connectivity index (χ2v) is 9.76. The number of imidazole rings is 1. The molecular weight excluding hydrogens is 458 g/mol. The van der Waals surface area contributed by atoms with Crippen LogP contribution in [0.15, 0.2) is 60.8 Å². The van der Waals surface area contributed by atoms with Gasteiger partial charge in [0.15, 0.2) is 5.65 Å². The minimum atomic E-state index is 0.598. The van der Waals surface area contributed by atoms with Crippen molar-refractivity contribution in [3.8, 4) is 22.5 Å². The molecule has 37 heavy (non-hydrogen) atoms. The minimum absolute atomic E-state index is 0.598. The summed E-state index contributed by atoms with van der Waals surface area (Å²) in [6.45, 7) is 5.14. The first-order chi connectivity index (χ1) is 18.2. The Hall–Kier alpha value is -3.87. The number of rotatable bonds is 12. The number of hydrogen-bond acceptors (Lipinski definition) is 5. The Bertz CT molecular complexity index is 1420. The van der Waals surface area contributed by atoms with E-state index in [9.17, 15) is 0 Å². The van der Waals surface area contributed by atoms with Crippen LogP contribution in [0.2, 0.25) is 0 Å². The molecule has 5 aromatic rings. The standard InChI is InChI=1S/C30H35N7/c1-3-4-5-6-7-8-9-14-27-32-28-22(2)19-20-31-30(28)37(27)21-23-15-17-24(18-16-23)25-12-10-11-13-26(25)29-33-35-36-34-29/h10-13,15-20H,3-9,14,21H2,1-2H3,(H,33,34,35,36). The van der Waals surface area contributed by atoms with Crippen LogP contribution in [0.3, 0.4) is 0 Å². The van der Waals surface area contributed by atoms with Crippen LogP contribution in [0.4, 0.5) is 0 Å². The predicted molar refractivity (Wildman–Crippen MR) is 148 cm³/mol. The van der Waals surface area contributed by atoms with E-state index in [-0.39, 0.29) is 0 Å². The van der Waals surface area contributed by atoms with Gasteiger partial charge in [-0.15, -0.1) is 10.2 Å². The summed E-state index contributed by atoms with van der Waals surface area (Å²) in [6, 6.07) is 18.9. The van der Waals surface area contributed by atoms with Gasteiger partial charge in [0, 0.05) is 18.2 Å². The summed E-state index contributed by atoms with van der Waals surface area (Å²) in [7, 11) is 0. The van der Waals surface area contributed by atoms with Crippen LogP contribution in [0.25, 0.3) is 33.7 Å². The van der Waals surface area contributed by atoms with Crippen molar-refractivity contribution in [2.24, 2.45) is 0 Å². The molecule has 7 heteroatoms. The lowest BCUT2D eigenvalue weighted by Crippen LogP contribution is -2.06. The van der Waals surface area contributed by atoms with Gasteiger partial charge in [-0.2, -0.15) is 5.21 Å². The molecule has 0 spiro atoms. The maximum absolute atomic E-state index is 5.04. The van der Waals surface area contributed by atoms with E-state index < -0.39 is 0 Å². The molecule has 0 bridgehead atoms. The number of pyridine rings is 1. The van der Waals surface area contributed by atoms with Crippen LogP contribution in [0, 0.1) is 6.92 Å². The van der Waals surface area contributed by atoms with Gasteiger partial charge in [0.25, 0.3) is 0 Å². The fraction of sp³-hybridized carbons (Fsp3) is 0.367. The number of nitrogens with zero attached hydrogens (tertiary/aromatic N) is 6. The zero-order valence-corrected chi connectivity index (χ0v) is 21.8. The Labute approximate surface area is 218 Å². The maximum Gasteiger partial charge on any atom is 0.205 e. The Morgan fingerprint density at radius 3 is 2.35 bits per heavy atom. The smallest absolute Gasteiger partial charge is 0.205 e. The number of H-pyrrole nitrogens is 1. The molecule has 0 amide bonds. The fourth-order valence-corrected chi connectivity index (χ4v) is 4.96. The van der Waals surface area contributed by atoms with Crippen molar-refractivity contribution in [1.82, 2.24) is 35.2 Å². The molecule has 2 aromatic carbocycles. The molecule has 7 nitrogen and oxygen atoms in total. The Morgan fingerprint density at radius 2 is 1.59 bits per heavy atom. The van der Waals surface area contributed by atoms with Crippen molar-refractivity contribution in [2.45, 2.75) is 71.8 Å². The van der Waals surface area contributed by atoms with Crippen LogP contribution in [0.1, 0.15) is 68.8 Å². The lowest BCUT2D eigenvalue weighted by Gasteiger charge is -2.11. The van der Waals surface area contributed by atoms with Gasteiger partial charge in [-0.3, -0.25) is 0 Å². The Balaban J connectivity index is 1.35. The van der Waals surface area contributed by atoms with Gasteiger partial charge in [0.05, 0.1) is 6.54 Å². The average molecular weight is 494 g/mol. The van der Waals surface area contributed by atoms with E-state index >= 15 is 0 Å². The van der Waals surface area contributed by atoms with E-state index in [2.05, 4.69) is 69.4 Å². The first-order valence-corrected chi connectivity index (χ1v) is 13.5. The normalized spacial score (nSPS) is 11.4. The van der Waals surface area contributed by atoms with Crippen LogP contribution in [-0.2, 0) is 13.0 Å². The number of fused-ring (bicyclic) bond motifs is 1. The van der Waals surface area contributed by atoms with E-state index in [1.807, 2.05) is 30.5 Å². The second kappa shape index (κ2) is 11.9. The molecule has 3 aromatic heterocycles. The van der Waals surface area contributed by atoms with E-state index in [0.29, 0.717) is 5.82 Å². The quantitative estimate of drug-likeness (QED) is 0.191. The van der Waals surface area contributed by atoms with Crippen molar-refractivity contribution in [2.75, 3.05) is 0 Å². The predicted octanol–water partition coefficient (Wildman–Crippen LogP) is 6.93. The molecule has 0 fully saturated rings. The number of benzene rings is 2. The summed E-state index contributed by atoms with van der Waals surface area (Å²) in [5.41, 5.74) is 7.57. The number of aromatic amines is 1. The van der Waals surface area contributed by atoms with Gasteiger partial charge in [-0.25, -0.2) is 9.97 Å². The molecular formula is C30H35N7. The molecule has 0 atom stereocenters. The summed E-state index contributed by atoms with van der Waals surface area (Å²) in [6.07, 6.45) is 12.0. The number of unbranched alkanes of at least 4 members (excludes halogenated alkanes) is 6. The topological polar surface area (TPSA) is 85.2 Å². The summed E-state index contributed by atoms with van der Waals surface area (Å²) >= 11 is 0. The van der Waals surface area contributed by atoms with Gasteiger partial charge in [-0.05, 0) is 46.9 Å². The molecule has 0 saturated carbocycles. The monoisotopic (exact) mass is 493 g/mol. The third kappa shape index (κ3) is 5.77. The van der Waals surface area contributed by atoms with Crippen LogP contribution >= 0.6 is 0 Å². The number of aromatic nitrogens is 7. The molecule has 0 aliphatic heterocycles. The van der Waals surface area contributed by atoms with Crippen molar-refractivity contribution in [3.63, 3.8) is 0 Å². The highest BCUT2D eigenvalue weighted by molar-refractivity contribution is 5.80. The molecule has 1 N–H and O–H groups in total. The first kappa shape index (κ1) is 24.8. The average Bonchev–Trinajstić information content (AvgIpc) is 3.58. The molecule has 0 aliphatic carbocycles. The molecule has 0 unspecified atom stereocenters. The molecule has 3 heterocycles.